The molecule has 3 rings (SSSR count). The highest BCUT2D eigenvalue weighted by atomic mass is 32.1. The molecule has 0 fully saturated rings. The van der Waals surface area contributed by atoms with Crippen molar-refractivity contribution in [3.63, 3.8) is 0 Å². The minimum absolute atomic E-state index is 0.127. The molecular weight excluding hydrogens is 315 g/mol. The molecule has 0 saturated heterocycles. The monoisotopic (exact) mass is 325 g/mol. The van der Waals surface area contributed by atoms with Crippen molar-refractivity contribution in [2.24, 2.45) is 0 Å². The quantitative estimate of drug-likeness (QED) is 0.915. The highest BCUT2D eigenvalue weighted by Gasteiger charge is 2.42. The summed E-state index contributed by atoms with van der Waals surface area (Å²) in [6.07, 6.45) is -5.08. The van der Waals surface area contributed by atoms with Crippen LogP contribution in [0, 0.1) is 0 Å². The molecule has 1 aliphatic carbocycles. The van der Waals surface area contributed by atoms with Crippen LogP contribution in [0.15, 0.2) is 36.4 Å². The number of amides is 1. The highest BCUT2D eigenvalue weighted by Crippen LogP contribution is 2.41. The Labute approximate surface area is 127 Å². The van der Waals surface area contributed by atoms with Crippen LogP contribution in [0.1, 0.15) is 27.7 Å². The molecule has 0 spiro atoms. The minimum atomic E-state index is -4.95. The fraction of sp³-hybridized carbons (Fsp3) is 0.200. The summed E-state index contributed by atoms with van der Waals surface area (Å²) >= 11 is 1.24. The van der Waals surface area contributed by atoms with Gasteiger partial charge < -0.3 is 5.32 Å². The standard InChI is InChI=1S/C15H10F3NO2S/c16-15(17,18)14(21)19-10-7-11(20)9-6-12(22-13(9)10)8-4-2-1-3-5-8/h1-6,10H,7H2,(H,19,21). The number of Topliss-reactive ketones (excluding diaryl/α,β-unsaturated/α-hetero) is 1. The van der Waals surface area contributed by atoms with E-state index in [0.717, 1.165) is 10.4 Å². The Hall–Kier alpha value is -2.15. The molecular formula is C15H10F3NO2S. The lowest BCUT2D eigenvalue weighted by Gasteiger charge is -2.13. The average Bonchev–Trinajstić information content (AvgIpc) is 3.01. The van der Waals surface area contributed by atoms with Gasteiger partial charge >= 0.3 is 12.1 Å². The molecule has 1 aromatic carbocycles. The summed E-state index contributed by atoms with van der Waals surface area (Å²) in [6, 6.07) is 10.0. The molecule has 1 aromatic heterocycles. The summed E-state index contributed by atoms with van der Waals surface area (Å²) in [4.78, 5) is 24.3. The number of carbonyl (C=O) groups is 2. The number of rotatable bonds is 2. The molecule has 22 heavy (non-hydrogen) atoms. The number of halogens is 3. The third kappa shape index (κ3) is 2.64. The van der Waals surface area contributed by atoms with E-state index in [2.05, 4.69) is 0 Å². The van der Waals surface area contributed by atoms with Gasteiger partial charge in [0.2, 0.25) is 0 Å². The summed E-state index contributed by atoms with van der Waals surface area (Å²) in [5, 5.41) is 1.90. The number of fused-ring (bicyclic) bond motifs is 1. The fourth-order valence-corrected chi connectivity index (χ4v) is 3.61. The molecule has 1 atom stereocenters. The van der Waals surface area contributed by atoms with Crippen molar-refractivity contribution < 1.29 is 22.8 Å². The Bertz CT molecular complexity index is 737. The average molecular weight is 325 g/mol. The molecule has 0 saturated carbocycles. The van der Waals surface area contributed by atoms with Crippen LogP contribution in [0.3, 0.4) is 0 Å². The zero-order chi connectivity index (χ0) is 15.9. The second-order valence-electron chi connectivity index (χ2n) is 4.91. The Kier molecular flexibility index (Phi) is 3.52. The molecule has 7 heteroatoms. The van der Waals surface area contributed by atoms with Gasteiger partial charge in [0.05, 0.1) is 6.04 Å². The summed E-state index contributed by atoms with van der Waals surface area (Å²) in [7, 11) is 0. The van der Waals surface area contributed by atoms with E-state index in [0.29, 0.717) is 10.4 Å². The van der Waals surface area contributed by atoms with Crippen LogP contribution < -0.4 is 5.32 Å². The molecule has 1 amide bonds. The minimum Gasteiger partial charge on any atom is -0.340 e. The van der Waals surface area contributed by atoms with Crippen molar-refractivity contribution in [3.8, 4) is 10.4 Å². The van der Waals surface area contributed by atoms with E-state index < -0.39 is 18.1 Å². The molecule has 114 valence electrons. The van der Waals surface area contributed by atoms with Gasteiger partial charge in [0.25, 0.3) is 0 Å². The number of nitrogens with one attached hydrogen (secondary N) is 1. The first kappa shape index (κ1) is 14.8. The predicted octanol–water partition coefficient (Wildman–Crippen LogP) is 3.72. The van der Waals surface area contributed by atoms with Crippen LogP contribution >= 0.6 is 11.3 Å². The van der Waals surface area contributed by atoms with E-state index in [1.165, 1.54) is 11.3 Å². The Balaban J connectivity index is 1.90. The lowest BCUT2D eigenvalue weighted by Crippen LogP contribution is -2.38. The fourth-order valence-electron chi connectivity index (χ4n) is 2.37. The zero-order valence-electron chi connectivity index (χ0n) is 11.1. The third-order valence-corrected chi connectivity index (χ3v) is 4.69. The second kappa shape index (κ2) is 5.24. The molecule has 1 aliphatic rings. The molecule has 1 unspecified atom stereocenters. The summed E-state index contributed by atoms with van der Waals surface area (Å²) in [6.45, 7) is 0. The van der Waals surface area contributed by atoms with Crippen molar-refractivity contribution in [1.29, 1.82) is 0 Å². The number of alkyl halides is 3. The second-order valence-corrected chi connectivity index (χ2v) is 5.99. The first-order valence-electron chi connectivity index (χ1n) is 6.46. The van der Waals surface area contributed by atoms with Crippen molar-refractivity contribution in [1.82, 2.24) is 5.32 Å². The molecule has 0 radical (unpaired) electrons. The SMILES string of the molecule is O=C1CC(NC(=O)C(F)(F)F)c2sc(-c3ccccc3)cc21. The van der Waals surface area contributed by atoms with E-state index >= 15 is 0 Å². The summed E-state index contributed by atoms with van der Waals surface area (Å²) in [5.41, 5.74) is 1.28. The van der Waals surface area contributed by atoms with Crippen LogP contribution in [-0.4, -0.2) is 17.9 Å². The maximum Gasteiger partial charge on any atom is 0.471 e. The van der Waals surface area contributed by atoms with Crippen LogP contribution in [0.2, 0.25) is 0 Å². The van der Waals surface area contributed by atoms with Gasteiger partial charge in [-0.15, -0.1) is 11.3 Å². The Morgan fingerprint density at radius 3 is 2.55 bits per heavy atom. The van der Waals surface area contributed by atoms with Crippen molar-refractivity contribution in [3.05, 3.63) is 46.8 Å². The number of hydrogen-bond donors (Lipinski definition) is 1. The maximum atomic E-state index is 12.4. The predicted molar refractivity (Wildman–Crippen MR) is 75.6 cm³/mol. The lowest BCUT2D eigenvalue weighted by atomic mass is 10.1. The smallest absolute Gasteiger partial charge is 0.340 e. The number of hydrogen-bond acceptors (Lipinski definition) is 3. The number of carbonyl (C=O) groups excluding carboxylic acids is 2. The van der Waals surface area contributed by atoms with Gasteiger partial charge in [0.1, 0.15) is 0 Å². The van der Waals surface area contributed by atoms with Gasteiger partial charge in [-0.2, -0.15) is 13.2 Å². The lowest BCUT2D eigenvalue weighted by molar-refractivity contribution is -0.174. The number of ketones is 1. The van der Waals surface area contributed by atoms with Crippen LogP contribution in [0.5, 0.6) is 0 Å². The largest absolute Gasteiger partial charge is 0.471 e. The first-order valence-corrected chi connectivity index (χ1v) is 7.28. The molecule has 1 N–H and O–H groups in total. The molecule has 0 aliphatic heterocycles. The Morgan fingerprint density at radius 2 is 1.91 bits per heavy atom. The van der Waals surface area contributed by atoms with Crippen molar-refractivity contribution in [2.45, 2.75) is 18.6 Å². The highest BCUT2D eigenvalue weighted by molar-refractivity contribution is 7.16. The van der Waals surface area contributed by atoms with Crippen LogP contribution in [-0.2, 0) is 4.79 Å². The summed E-state index contributed by atoms with van der Waals surface area (Å²) < 4.78 is 37.1. The topological polar surface area (TPSA) is 46.2 Å². The zero-order valence-corrected chi connectivity index (χ0v) is 11.9. The van der Waals surface area contributed by atoms with Crippen LogP contribution in [0.25, 0.3) is 10.4 Å². The normalized spacial score (nSPS) is 17.4. The van der Waals surface area contributed by atoms with E-state index in [-0.39, 0.29) is 12.2 Å². The third-order valence-electron chi connectivity index (χ3n) is 3.39. The Morgan fingerprint density at radius 1 is 1.23 bits per heavy atom. The van der Waals surface area contributed by atoms with Gasteiger partial charge in [-0.1, -0.05) is 30.3 Å². The van der Waals surface area contributed by atoms with Crippen LogP contribution in [0.4, 0.5) is 13.2 Å². The van der Waals surface area contributed by atoms with Gasteiger partial charge in [-0.25, -0.2) is 0 Å². The van der Waals surface area contributed by atoms with Gasteiger partial charge in [0, 0.05) is 21.7 Å². The summed E-state index contributed by atoms with van der Waals surface area (Å²) in [5.74, 6) is -2.27. The van der Waals surface area contributed by atoms with Gasteiger partial charge in [-0.05, 0) is 11.6 Å². The van der Waals surface area contributed by atoms with E-state index in [1.54, 1.807) is 6.07 Å². The van der Waals surface area contributed by atoms with Gasteiger partial charge in [0.15, 0.2) is 5.78 Å². The number of thiophene rings is 1. The molecule has 1 heterocycles. The molecule has 0 bridgehead atoms. The van der Waals surface area contributed by atoms with E-state index in [4.69, 9.17) is 0 Å². The van der Waals surface area contributed by atoms with Crippen molar-refractivity contribution >= 4 is 23.0 Å². The van der Waals surface area contributed by atoms with E-state index in [1.807, 2.05) is 35.6 Å². The van der Waals surface area contributed by atoms with Crippen molar-refractivity contribution in [2.75, 3.05) is 0 Å². The molecule has 2 aromatic rings. The van der Waals surface area contributed by atoms with E-state index in [9.17, 15) is 22.8 Å². The molecule has 3 nitrogen and oxygen atoms in total. The maximum absolute atomic E-state index is 12.4. The first-order chi connectivity index (χ1) is 10.4. The number of benzene rings is 1. The van der Waals surface area contributed by atoms with Gasteiger partial charge in [-0.3, -0.25) is 9.59 Å².